The van der Waals surface area contributed by atoms with E-state index in [1.54, 1.807) is 0 Å². The molecule has 8 aromatic carbocycles. The van der Waals surface area contributed by atoms with Crippen LogP contribution in [0.15, 0.2) is 194 Å². The maximum absolute atomic E-state index is 2.57. The Morgan fingerprint density at radius 3 is 1.54 bits per heavy atom. The van der Waals surface area contributed by atoms with Crippen molar-refractivity contribution in [3.63, 3.8) is 0 Å². The van der Waals surface area contributed by atoms with Crippen molar-refractivity contribution in [3.05, 3.63) is 194 Å². The van der Waals surface area contributed by atoms with Gasteiger partial charge < -0.3 is 13.9 Å². The highest BCUT2D eigenvalue weighted by atomic mass is 15.1. The van der Waals surface area contributed by atoms with E-state index in [9.17, 15) is 0 Å². The Balaban J connectivity index is 1.34. The highest BCUT2D eigenvalue weighted by molar-refractivity contribution is 6.91. The highest BCUT2D eigenvalue weighted by Crippen LogP contribution is 2.48. The standard InChI is InChI=1S/C48H32BN3/c1-5-17-33(18-6-1)49-41-29-30-44-48(38-26-14-16-28-43(38)50(44)34-19-7-2-8-20-34)47(41)40-31-39-37-25-13-15-27-42(37)51(35-21-9-3-10-22-35)45(39)32-46(40)52(49)36-23-11-4-12-24-36/h1-32H. The van der Waals surface area contributed by atoms with E-state index in [1.165, 1.54) is 71.4 Å². The third-order valence-corrected chi connectivity index (χ3v) is 10.9. The van der Waals surface area contributed by atoms with Gasteiger partial charge in [0.05, 0.1) is 22.1 Å². The Morgan fingerprint density at radius 2 is 0.885 bits per heavy atom. The average molecular weight is 662 g/mol. The minimum atomic E-state index is -0.0543. The lowest BCUT2D eigenvalue weighted by Crippen LogP contribution is -2.57. The van der Waals surface area contributed by atoms with Crippen LogP contribution in [0.5, 0.6) is 0 Å². The molecule has 0 aliphatic carbocycles. The van der Waals surface area contributed by atoms with Crippen molar-refractivity contribution in [3.8, 4) is 22.5 Å². The smallest absolute Gasteiger partial charge is 0.328 e. The molecule has 0 bridgehead atoms. The maximum Gasteiger partial charge on any atom is 0.328 e. The first-order chi connectivity index (χ1) is 25.8. The Morgan fingerprint density at radius 1 is 0.365 bits per heavy atom. The lowest BCUT2D eigenvalue weighted by Gasteiger charge is -2.39. The molecule has 0 amide bonds. The number of nitrogens with zero attached hydrogens (tertiary/aromatic N) is 3. The van der Waals surface area contributed by atoms with Crippen LogP contribution in [0.2, 0.25) is 0 Å². The quantitative estimate of drug-likeness (QED) is 0.171. The maximum atomic E-state index is 2.57. The van der Waals surface area contributed by atoms with E-state index in [-0.39, 0.29) is 6.85 Å². The lowest BCUT2D eigenvalue weighted by atomic mass is 9.45. The van der Waals surface area contributed by atoms with E-state index < -0.39 is 0 Å². The van der Waals surface area contributed by atoms with Crippen LogP contribution in [-0.2, 0) is 0 Å². The van der Waals surface area contributed by atoms with Gasteiger partial charge in [-0.1, -0.05) is 133 Å². The minimum Gasteiger partial charge on any atom is -0.376 e. The first-order valence-corrected chi connectivity index (χ1v) is 18.0. The molecule has 0 saturated carbocycles. The van der Waals surface area contributed by atoms with E-state index in [4.69, 9.17) is 0 Å². The zero-order chi connectivity index (χ0) is 34.2. The molecule has 0 spiro atoms. The van der Waals surface area contributed by atoms with Gasteiger partial charge in [0.2, 0.25) is 0 Å². The Bertz CT molecular complexity index is 2950. The summed E-state index contributed by atoms with van der Waals surface area (Å²) < 4.78 is 4.87. The number of para-hydroxylation sites is 5. The summed E-state index contributed by atoms with van der Waals surface area (Å²) in [6.45, 7) is -0.0543. The number of fused-ring (bicyclic) bond motifs is 10. The normalized spacial score (nSPS) is 12.5. The summed E-state index contributed by atoms with van der Waals surface area (Å²) in [5, 5.41) is 5.05. The predicted molar refractivity (Wildman–Crippen MR) is 221 cm³/mol. The highest BCUT2D eigenvalue weighted by Gasteiger charge is 2.39. The van der Waals surface area contributed by atoms with Gasteiger partial charge in [-0.3, -0.25) is 0 Å². The van der Waals surface area contributed by atoms with Crippen molar-refractivity contribution >= 4 is 72.8 Å². The van der Waals surface area contributed by atoms with E-state index >= 15 is 0 Å². The summed E-state index contributed by atoms with van der Waals surface area (Å²) in [5.41, 5.74) is 14.6. The summed E-state index contributed by atoms with van der Waals surface area (Å²) in [5.74, 6) is 0. The van der Waals surface area contributed by atoms with Crippen molar-refractivity contribution < 1.29 is 0 Å². The fourth-order valence-corrected chi connectivity index (χ4v) is 8.83. The van der Waals surface area contributed by atoms with Gasteiger partial charge in [0.25, 0.3) is 0 Å². The number of rotatable bonds is 4. The summed E-state index contributed by atoms with van der Waals surface area (Å²) >= 11 is 0. The number of hydrogen-bond donors (Lipinski definition) is 0. The van der Waals surface area contributed by atoms with Crippen LogP contribution in [0, 0.1) is 0 Å². The monoisotopic (exact) mass is 661 g/mol. The first-order valence-electron chi connectivity index (χ1n) is 18.0. The van der Waals surface area contributed by atoms with E-state index in [0.717, 1.165) is 17.1 Å². The number of anilines is 2. The van der Waals surface area contributed by atoms with Gasteiger partial charge >= 0.3 is 6.85 Å². The van der Waals surface area contributed by atoms with Gasteiger partial charge in [0.15, 0.2) is 0 Å². The van der Waals surface area contributed by atoms with Crippen molar-refractivity contribution in [2.45, 2.75) is 0 Å². The molecule has 3 nitrogen and oxygen atoms in total. The van der Waals surface area contributed by atoms with E-state index in [1.807, 2.05) is 0 Å². The molecule has 0 fully saturated rings. The molecular weight excluding hydrogens is 629 g/mol. The second kappa shape index (κ2) is 11.4. The predicted octanol–water partition coefficient (Wildman–Crippen LogP) is 10.8. The Hall–Kier alpha value is -6.78. The molecule has 4 heteroatoms. The molecule has 0 N–H and O–H groups in total. The molecule has 242 valence electrons. The second-order valence-electron chi connectivity index (χ2n) is 13.7. The van der Waals surface area contributed by atoms with Crippen molar-refractivity contribution in [1.29, 1.82) is 0 Å². The number of benzene rings is 8. The van der Waals surface area contributed by atoms with Gasteiger partial charge in [0.1, 0.15) is 0 Å². The largest absolute Gasteiger partial charge is 0.376 e. The molecule has 52 heavy (non-hydrogen) atoms. The van der Waals surface area contributed by atoms with Gasteiger partial charge in [-0.05, 0) is 77.8 Å². The van der Waals surface area contributed by atoms with E-state index in [2.05, 4.69) is 208 Å². The average Bonchev–Trinajstić information content (AvgIpc) is 3.73. The number of aromatic nitrogens is 2. The van der Waals surface area contributed by atoms with Crippen molar-refractivity contribution in [2.75, 3.05) is 4.81 Å². The molecule has 0 unspecified atom stereocenters. The summed E-state index contributed by atoms with van der Waals surface area (Å²) in [6, 6.07) is 70.9. The fraction of sp³-hybridized carbons (Fsp3) is 0. The molecule has 3 heterocycles. The van der Waals surface area contributed by atoms with Crippen molar-refractivity contribution in [1.82, 2.24) is 9.13 Å². The Kier molecular flexibility index (Phi) is 6.35. The van der Waals surface area contributed by atoms with Crippen LogP contribution in [0.1, 0.15) is 0 Å². The van der Waals surface area contributed by atoms with Crippen LogP contribution in [0.3, 0.4) is 0 Å². The Labute approximate surface area is 302 Å². The zero-order valence-electron chi connectivity index (χ0n) is 28.4. The van der Waals surface area contributed by atoms with Gasteiger partial charge in [-0.25, -0.2) is 0 Å². The summed E-state index contributed by atoms with van der Waals surface area (Å²) in [4.78, 5) is 2.57. The molecule has 0 saturated heterocycles. The third kappa shape index (κ3) is 4.15. The van der Waals surface area contributed by atoms with Crippen LogP contribution in [-0.4, -0.2) is 16.0 Å². The lowest BCUT2D eigenvalue weighted by molar-refractivity contribution is 1.18. The van der Waals surface area contributed by atoms with Crippen LogP contribution >= 0.6 is 0 Å². The molecule has 2 aromatic heterocycles. The van der Waals surface area contributed by atoms with E-state index in [0.29, 0.717) is 0 Å². The molecule has 0 radical (unpaired) electrons. The summed E-state index contributed by atoms with van der Waals surface area (Å²) in [7, 11) is 0. The molecule has 0 atom stereocenters. The van der Waals surface area contributed by atoms with Crippen LogP contribution in [0.4, 0.5) is 11.4 Å². The van der Waals surface area contributed by atoms with Gasteiger partial charge in [-0.2, -0.15) is 0 Å². The topological polar surface area (TPSA) is 13.1 Å². The molecular formula is C48H32BN3. The molecule has 11 rings (SSSR count). The first kappa shape index (κ1) is 29.0. The van der Waals surface area contributed by atoms with Crippen LogP contribution in [0.25, 0.3) is 66.1 Å². The molecule has 1 aliphatic rings. The summed E-state index contributed by atoms with van der Waals surface area (Å²) in [6.07, 6.45) is 0. The second-order valence-corrected chi connectivity index (χ2v) is 13.7. The molecule has 1 aliphatic heterocycles. The third-order valence-electron chi connectivity index (χ3n) is 10.9. The molecule has 10 aromatic rings. The SMILES string of the molecule is c1ccc(B2c3ccc4c(c3-c3cc5c6ccccc6n(-c6ccccc6)c5cc3N2c2ccccc2)c2ccccc2n4-c2ccccc2)cc1. The van der Waals surface area contributed by atoms with Gasteiger partial charge in [0, 0.05) is 49.9 Å². The minimum absolute atomic E-state index is 0.0543. The van der Waals surface area contributed by atoms with Crippen LogP contribution < -0.4 is 15.7 Å². The number of hydrogen-bond acceptors (Lipinski definition) is 1. The zero-order valence-corrected chi connectivity index (χ0v) is 28.4. The fourth-order valence-electron chi connectivity index (χ4n) is 8.83. The van der Waals surface area contributed by atoms with Crippen molar-refractivity contribution in [2.24, 2.45) is 0 Å². The van der Waals surface area contributed by atoms with Gasteiger partial charge in [-0.15, -0.1) is 0 Å².